The van der Waals surface area contributed by atoms with Crippen LogP contribution in [0.5, 0.6) is 0 Å². The van der Waals surface area contributed by atoms with Crippen LogP contribution in [-0.2, 0) is 10.2 Å². The summed E-state index contributed by atoms with van der Waals surface area (Å²) in [6, 6.07) is 0.150. The molecule has 1 aliphatic rings. The molecular formula is C6H14N2O2S. The molecule has 5 heteroatoms. The molecule has 0 atom stereocenters. The molecule has 1 aliphatic carbocycles. The number of hydrogen-bond donors (Lipinski definition) is 2. The highest BCUT2D eigenvalue weighted by molar-refractivity contribution is 7.87. The highest BCUT2D eigenvalue weighted by Gasteiger charge is 2.26. The van der Waals surface area contributed by atoms with E-state index in [0.717, 1.165) is 12.8 Å². The van der Waals surface area contributed by atoms with Crippen molar-refractivity contribution < 1.29 is 8.42 Å². The molecule has 0 aliphatic heterocycles. The topological polar surface area (TPSA) is 58.2 Å². The van der Waals surface area contributed by atoms with Crippen LogP contribution in [0.1, 0.15) is 26.7 Å². The third-order valence-corrected chi connectivity index (χ3v) is 2.72. The van der Waals surface area contributed by atoms with E-state index >= 15 is 0 Å². The molecule has 2 N–H and O–H groups in total. The lowest BCUT2D eigenvalue weighted by atomic mass is 10.4. The number of hydrogen-bond acceptors (Lipinski definition) is 2. The zero-order valence-corrected chi connectivity index (χ0v) is 7.61. The second-order valence-electron chi connectivity index (χ2n) is 3.17. The van der Waals surface area contributed by atoms with Gasteiger partial charge < -0.3 is 0 Å². The predicted octanol–water partition coefficient (Wildman–Crippen LogP) is -0.0188. The van der Waals surface area contributed by atoms with Crippen molar-refractivity contribution in [2.75, 3.05) is 0 Å². The van der Waals surface area contributed by atoms with E-state index in [1.165, 1.54) is 0 Å². The van der Waals surface area contributed by atoms with E-state index in [-0.39, 0.29) is 12.1 Å². The van der Waals surface area contributed by atoms with Crippen molar-refractivity contribution >= 4 is 10.2 Å². The van der Waals surface area contributed by atoms with Gasteiger partial charge in [0.25, 0.3) is 10.2 Å². The predicted molar refractivity (Wildman–Crippen MR) is 43.3 cm³/mol. The molecule has 0 unspecified atom stereocenters. The second kappa shape index (κ2) is 3.08. The van der Waals surface area contributed by atoms with Crippen LogP contribution in [0, 0.1) is 0 Å². The van der Waals surface area contributed by atoms with Crippen LogP contribution < -0.4 is 9.44 Å². The minimum Gasteiger partial charge on any atom is -0.200 e. The summed E-state index contributed by atoms with van der Waals surface area (Å²) in [5.74, 6) is 0. The summed E-state index contributed by atoms with van der Waals surface area (Å²) < 4.78 is 27.1. The maximum absolute atomic E-state index is 11.1. The first-order valence-electron chi connectivity index (χ1n) is 3.79. The van der Waals surface area contributed by atoms with Crippen LogP contribution >= 0.6 is 0 Å². The van der Waals surface area contributed by atoms with Gasteiger partial charge in [-0.2, -0.15) is 17.9 Å². The normalized spacial score (nSPS) is 19.2. The standard InChI is InChI=1S/C6H14N2O2S/c1-5(2)7-11(9,10)8-6-3-4-6/h5-8H,3-4H2,1-2H3. The van der Waals surface area contributed by atoms with Gasteiger partial charge in [-0.25, -0.2) is 0 Å². The van der Waals surface area contributed by atoms with Crippen LogP contribution in [-0.4, -0.2) is 20.5 Å². The Bertz CT molecular complexity index is 209. The first-order valence-corrected chi connectivity index (χ1v) is 5.27. The van der Waals surface area contributed by atoms with Gasteiger partial charge in [0.15, 0.2) is 0 Å². The summed E-state index contributed by atoms with van der Waals surface area (Å²) in [4.78, 5) is 0. The molecule has 1 fully saturated rings. The summed E-state index contributed by atoms with van der Waals surface area (Å²) in [6.45, 7) is 3.60. The van der Waals surface area contributed by atoms with Crippen molar-refractivity contribution in [3.05, 3.63) is 0 Å². The van der Waals surface area contributed by atoms with Gasteiger partial charge in [0, 0.05) is 12.1 Å². The van der Waals surface area contributed by atoms with Crippen molar-refractivity contribution in [3.8, 4) is 0 Å². The van der Waals surface area contributed by atoms with Gasteiger partial charge in [0.2, 0.25) is 0 Å². The zero-order valence-electron chi connectivity index (χ0n) is 6.79. The maximum atomic E-state index is 11.1. The highest BCUT2D eigenvalue weighted by atomic mass is 32.2. The summed E-state index contributed by atoms with van der Waals surface area (Å²) >= 11 is 0. The first-order chi connectivity index (χ1) is 4.99. The molecule has 0 aromatic carbocycles. The van der Waals surface area contributed by atoms with Crippen molar-refractivity contribution in [1.29, 1.82) is 0 Å². The van der Waals surface area contributed by atoms with E-state index in [0.29, 0.717) is 0 Å². The van der Waals surface area contributed by atoms with Crippen LogP contribution in [0.2, 0.25) is 0 Å². The SMILES string of the molecule is CC(C)NS(=O)(=O)NC1CC1. The minimum atomic E-state index is -3.22. The van der Waals surface area contributed by atoms with Crippen LogP contribution in [0.3, 0.4) is 0 Å². The Hall–Kier alpha value is -0.130. The lowest BCUT2D eigenvalue weighted by Gasteiger charge is -2.09. The smallest absolute Gasteiger partial charge is 0.200 e. The molecule has 1 rings (SSSR count). The third-order valence-electron chi connectivity index (χ3n) is 1.29. The van der Waals surface area contributed by atoms with E-state index in [1.54, 1.807) is 13.8 Å². The molecule has 0 bridgehead atoms. The van der Waals surface area contributed by atoms with Gasteiger partial charge in [-0.15, -0.1) is 0 Å². The molecule has 4 nitrogen and oxygen atoms in total. The lowest BCUT2D eigenvalue weighted by molar-refractivity contribution is 0.554. The zero-order chi connectivity index (χ0) is 8.48. The summed E-state index contributed by atoms with van der Waals surface area (Å²) in [5, 5.41) is 0. The van der Waals surface area contributed by atoms with Gasteiger partial charge in [0.1, 0.15) is 0 Å². The molecule has 66 valence electrons. The first kappa shape index (κ1) is 8.96. The van der Waals surface area contributed by atoms with Crippen molar-refractivity contribution in [2.24, 2.45) is 0 Å². The number of nitrogens with one attached hydrogen (secondary N) is 2. The highest BCUT2D eigenvalue weighted by Crippen LogP contribution is 2.19. The fraction of sp³-hybridized carbons (Fsp3) is 1.00. The second-order valence-corrected chi connectivity index (χ2v) is 4.65. The van der Waals surface area contributed by atoms with E-state index in [1.807, 2.05) is 0 Å². The third kappa shape index (κ3) is 3.69. The molecule has 0 aromatic rings. The van der Waals surface area contributed by atoms with Gasteiger partial charge >= 0.3 is 0 Å². The van der Waals surface area contributed by atoms with Crippen molar-refractivity contribution in [3.63, 3.8) is 0 Å². The summed E-state index contributed by atoms with van der Waals surface area (Å²) in [6.07, 6.45) is 1.94. The Morgan fingerprint density at radius 3 is 2.27 bits per heavy atom. The molecular weight excluding hydrogens is 164 g/mol. The van der Waals surface area contributed by atoms with Crippen LogP contribution in [0.25, 0.3) is 0 Å². The van der Waals surface area contributed by atoms with Crippen LogP contribution in [0.4, 0.5) is 0 Å². The van der Waals surface area contributed by atoms with Gasteiger partial charge in [-0.05, 0) is 26.7 Å². The largest absolute Gasteiger partial charge is 0.277 e. The summed E-state index contributed by atoms with van der Waals surface area (Å²) in [7, 11) is -3.22. The van der Waals surface area contributed by atoms with Crippen LogP contribution in [0.15, 0.2) is 0 Å². The maximum Gasteiger partial charge on any atom is 0.277 e. The quantitative estimate of drug-likeness (QED) is 0.635. The Morgan fingerprint density at radius 2 is 1.91 bits per heavy atom. The van der Waals surface area contributed by atoms with E-state index in [4.69, 9.17) is 0 Å². The molecule has 0 radical (unpaired) electrons. The fourth-order valence-corrected chi connectivity index (χ4v) is 2.13. The van der Waals surface area contributed by atoms with Gasteiger partial charge in [-0.3, -0.25) is 0 Å². The molecule has 0 amide bonds. The van der Waals surface area contributed by atoms with E-state index < -0.39 is 10.2 Å². The molecule has 0 aromatic heterocycles. The van der Waals surface area contributed by atoms with Crippen molar-refractivity contribution in [2.45, 2.75) is 38.8 Å². The average molecular weight is 178 g/mol. The number of rotatable bonds is 4. The molecule has 0 heterocycles. The summed E-state index contributed by atoms with van der Waals surface area (Å²) in [5.41, 5.74) is 0. The van der Waals surface area contributed by atoms with Crippen molar-refractivity contribution in [1.82, 2.24) is 9.44 Å². The Morgan fingerprint density at radius 1 is 1.36 bits per heavy atom. The van der Waals surface area contributed by atoms with Gasteiger partial charge in [-0.1, -0.05) is 0 Å². The molecule has 0 saturated heterocycles. The Balaban J connectivity index is 2.38. The lowest BCUT2D eigenvalue weighted by Crippen LogP contribution is -2.41. The Labute approximate surface area is 67.6 Å². The van der Waals surface area contributed by atoms with Gasteiger partial charge in [0.05, 0.1) is 0 Å². The van der Waals surface area contributed by atoms with E-state index in [2.05, 4.69) is 9.44 Å². The Kier molecular flexibility index (Phi) is 2.51. The molecule has 1 saturated carbocycles. The minimum absolute atomic E-state index is 0.0359. The average Bonchev–Trinajstić information content (AvgIpc) is 2.43. The fourth-order valence-electron chi connectivity index (χ4n) is 0.765. The monoisotopic (exact) mass is 178 g/mol. The molecule has 0 spiro atoms. The van der Waals surface area contributed by atoms with E-state index in [9.17, 15) is 8.42 Å². The molecule has 11 heavy (non-hydrogen) atoms.